The van der Waals surface area contributed by atoms with E-state index < -0.39 is 12.1 Å². The Kier molecular flexibility index (Phi) is 7.60. The molecule has 2 atom stereocenters. The molecule has 1 aromatic carbocycles. The molecular weight excluding hydrogens is 514 g/mol. The monoisotopic (exact) mass is 547 g/mol. The smallest absolute Gasteiger partial charge is 0.272 e. The van der Waals surface area contributed by atoms with Gasteiger partial charge in [0, 0.05) is 24.8 Å². The molecule has 2 saturated heterocycles. The van der Waals surface area contributed by atoms with Crippen molar-refractivity contribution < 1.29 is 23.8 Å². The van der Waals surface area contributed by atoms with Gasteiger partial charge < -0.3 is 29.7 Å². The fourth-order valence-corrected chi connectivity index (χ4v) is 5.52. The van der Waals surface area contributed by atoms with Gasteiger partial charge in [0.1, 0.15) is 18.0 Å². The van der Waals surface area contributed by atoms with Gasteiger partial charge in [-0.3, -0.25) is 14.6 Å². The zero-order valence-corrected chi connectivity index (χ0v) is 22.4. The van der Waals surface area contributed by atoms with Gasteiger partial charge in [-0.15, -0.1) is 5.10 Å². The third-order valence-corrected chi connectivity index (χ3v) is 7.72. The summed E-state index contributed by atoms with van der Waals surface area (Å²) in [7, 11) is 1.55. The summed E-state index contributed by atoms with van der Waals surface area (Å²) in [6, 6.07) is 8.53. The van der Waals surface area contributed by atoms with Crippen molar-refractivity contribution in [1.82, 2.24) is 35.5 Å². The Morgan fingerprint density at radius 1 is 1.15 bits per heavy atom. The molecule has 2 N–H and O–H groups in total. The molecule has 0 aliphatic carbocycles. The lowest BCUT2D eigenvalue weighted by Gasteiger charge is -2.23. The van der Waals surface area contributed by atoms with Crippen LogP contribution < -0.4 is 20.1 Å². The minimum absolute atomic E-state index is 0.179. The highest BCUT2D eigenvalue weighted by Crippen LogP contribution is 2.29. The molecule has 2 aromatic heterocycles. The molecule has 0 radical (unpaired) electrons. The molecule has 0 spiro atoms. The average Bonchev–Trinajstić information content (AvgIpc) is 3.62. The number of pyridine rings is 1. The van der Waals surface area contributed by atoms with Gasteiger partial charge in [-0.1, -0.05) is 5.21 Å². The first kappa shape index (κ1) is 26.2. The summed E-state index contributed by atoms with van der Waals surface area (Å²) < 4.78 is 19.2. The molecule has 2 amide bonds. The highest BCUT2D eigenvalue weighted by Gasteiger charge is 2.38. The molecule has 210 valence electrons. The normalized spacial score (nSPS) is 21.9. The topological polar surface area (TPSA) is 133 Å². The summed E-state index contributed by atoms with van der Waals surface area (Å²) in [5.74, 6) is 0.933. The Hall–Kier alpha value is -4.03. The molecule has 40 heavy (non-hydrogen) atoms. The molecule has 12 nitrogen and oxygen atoms in total. The number of amides is 2. The highest BCUT2D eigenvalue weighted by molar-refractivity contribution is 5.96. The maximum Gasteiger partial charge on any atom is 0.272 e. The maximum atomic E-state index is 13.6. The van der Waals surface area contributed by atoms with Crippen molar-refractivity contribution in [2.75, 3.05) is 39.9 Å². The zero-order valence-electron chi connectivity index (χ0n) is 22.4. The van der Waals surface area contributed by atoms with E-state index in [9.17, 15) is 9.59 Å². The Morgan fingerprint density at radius 2 is 2.02 bits per heavy atom. The van der Waals surface area contributed by atoms with E-state index in [4.69, 9.17) is 14.2 Å². The van der Waals surface area contributed by atoms with Crippen LogP contribution >= 0.6 is 0 Å². The number of hydrogen-bond acceptors (Lipinski definition) is 9. The minimum atomic E-state index is -0.440. The average molecular weight is 548 g/mol. The van der Waals surface area contributed by atoms with Crippen molar-refractivity contribution >= 4 is 11.8 Å². The zero-order chi connectivity index (χ0) is 27.5. The van der Waals surface area contributed by atoms with Gasteiger partial charge in [-0.25, -0.2) is 4.68 Å². The van der Waals surface area contributed by atoms with Crippen LogP contribution in [-0.4, -0.2) is 88.7 Å². The van der Waals surface area contributed by atoms with Crippen LogP contribution in [0, 0.1) is 0 Å². The predicted molar refractivity (Wildman–Crippen MR) is 143 cm³/mol. The molecular formula is C28H33N7O5. The molecule has 3 aromatic rings. The molecule has 2 fully saturated rings. The first-order valence-corrected chi connectivity index (χ1v) is 13.7. The maximum absolute atomic E-state index is 13.6. The summed E-state index contributed by atoms with van der Waals surface area (Å²) in [6.45, 7) is 3.53. The lowest BCUT2D eigenvalue weighted by molar-refractivity contribution is 0.0290. The van der Waals surface area contributed by atoms with Crippen molar-refractivity contribution in [2.45, 2.75) is 44.1 Å². The molecule has 0 saturated carbocycles. The standard InChI is InChI=1S/C28H33N7O5/c1-38-24-3-2-20-13-25(24)39-11-10-35-14-21(32-33-35)17-40-26-16-34(15-23(26)31-27(20)36)28(37)22-12-19(6-9-30-22)18-4-7-29-8-5-18/h2-3,6,9,12-14,18,23,26,29H,4-5,7-8,10-11,15-17H2,1H3,(H,31,36)/t23-,26-/m0/s1. The van der Waals surface area contributed by atoms with E-state index in [0.717, 1.165) is 31.5 Å². The summed E-state index contributed by atoms with van der Waals surface area (Å²) in [5.41, 5.74) is 2.62. The van der Waals surface area contributed by atoms with Crippen molar-refractivity contribution in [1.29, 1.82) is 0 Å². The number of fused-ring (bicyclic) bond motifs is 5. The van der Waals surface area contributed by atoms with Crippen LogP contribution in [-0.2, 0) is 17.9 Å². The van der Waals surface area contributed by atoms with Gasteiger partial charge in [-0.2, -0.15) is 0 Å². The van der Waals surface area contributed by atoms with Gasteiger partial charge in [0.15, 0.2) is 11.5 Å². The Labute approximate surface area is 232 Å². The van der Waals surface area contributed by atoms with Crippen molar-refractivity contribution in [3.63, 3.8) is 0 Å². The molecule has 5 heterocycles. The number of rotatable bonds is 3. The summed E-state index contributed by atoms with van der Waals surface area (Å²) in [4.78, 5) is 33.0. The number of carbonyl (C=O) groups is 2. The Balaban J connectivity index is 1.24. The van der Waals surface area contributed by atoms with Crippen LogP contribution in [0.2, 0.25) is 0 Å². The van der Waals surface area contributed by atoms with Crippen molar-refractivity contribution in [2.24, 2.45) is 0 Å². The van der Waals surface area contributed by atoms with Crippen LogP contribution in [0.4, 0.5) is 0 Å². The van der Waals surface area contributed by atoms with Crippen LogP contribution in [0.3, 0.4) is 0 Å². The van der Waals surface area contributed by atoms with E-state index in [1.807, 2.05) is 12.1 Å². The Bertz CT molecular complexity index is 1370. The highest BCUT2D eigenvalue weighted by atomic mass is 16.5. The van der Waals surface area contributed by atoms with Gasteiger partial charge in [-0.05, 0) is 67.7 Å². The number of nitrogens with one attached hydrogen (secondary N) is 2. The fraction of sp³-hybridized carbons (Fsp3) is 0.464. The first-order chi connectivity index (χ1) is 19.6. The number of ether oxygens (including phenoxy) is 3. The number of aromatic nitrogens is 4. The van der Waals surface area contributed by atoms with Crippen LogP contribution in [0.15, 0.2) is 42.7 Å². The first-order valence-electron chi connectivity index (χ1n) is 13.7. The van der Waals surface area contributed by atoms with E-state index in [1.165, 1.54) is 0 Å². The predicted octanol–water partition coefficient (Wildman–Crippen LogP) is 1.38. The van der Waals surface area contributed by atoms with E-state index in [1.54, 1.807) is 47.3 Å². The molecule has 12 heteroatoms. The lowest BCUT2D eigenvalue weighted by atomic mass is 9.90. The van der Waals surface area contributed by atoms with Gasteiger partial charge >= 0.3 is 0 Å². The Morgan fingerprint density at radius 3 is 2.88 bits per heavy atom. The minimum Gasteiger partial charge on any atom is -0.493 e. The molecule has 0 unspecified atom stereocenters. The van der Waals surface area contributed by atoms with Crippen LogP contribution in [0.5, 0.6) is 11.5 Å². The summed E-state index contributed by atoms with van der Waals surface area (Å²) in [5, 5.41) is 14.8. The fourth-order valence-electron chi connectivity index (χ4n) is 5.52. The van der Waals surface area contributed by atoms with E-state index in [2.05, 4.69) is 25.9 Å². The number of piperidine rings is 1. The number of methoxy groups -OCH3 is 1. The molecule has 4 bridgehead atoms. The second-order valence-electron chi connectivity index (χ2n) is 10.3. The van der Waals surface area contributed by atoms with Gasteiger partial charge in [0.2, 0.25) is 0 Å². The van der Waals surface area contributed by atoms with Gasteiger partial charge in [0.05, 0.1) is 38.6 Å². The van der Waals surface area contributed by atoms with E-state index >= 15 is 0 Å². The van der Waals surface area contributed by atoms with Crippen molar-refractivity contribution in [3.05, 3.63) is 65.2 Å². The number of nitrogens with zero attached hydrogens (tertiary/aromatic N) is 5. The second kappa shape index (κ2) is 11.6. The number of carbonyl (C=O) groups excluding carboxylic acids is 2. The summed E-state index contributed by atoms with van der Waals surface area (Å²) in [6.07, 6.45) is 5.15. The van der Waals surface area contributed by atoms with E-state index in [-0.39, 0.29) is 18.4 Å². The second-order valence-corrected chi connectivity index (χ2v) is 10.3. The number of likely N-dealkylation sites (tertiary alicyclic amines) is 1. The molecule has 3 aliphatic heterocycles. The van der Waals surface area contributed by atoms with E-state index in [0.29, 0.717) is 60.6 Å². The SMILES string of the molecule is COc1ccc2cc1OCCn1cc(nn1)CO[C@H]1CN(C(=O)c3cc(C4CCNCC4)ccn3)C[C@@H]1NC2=O. The largest absolute Gasteiger partial charge is 0.493 e. The van der Waals surface area contributed by atoms with Crippen molar-refractivity contribution in [3.8, 4) is 11.5 Å². The molecule has 6 rings (SSSR count). The van der Waals surface area contributed by atoms with Crippen LogP contribution in [0.1, 0.15) is 50.9 Å². The van der Waals surface area contributed by atoms with Crippen LogP contribution in [0.25, 0.3) is 0 Å². The van der Waals surface area contributed by atoms with Gasteiger partial charge in [0.25, 0.3) is 11.8 Å². The number of hydrogen-bond donors (Lipinski definition) is 2. The lowest BCUT2D eigenvalue weighted by Crippen LogP contribution is -2.44. The molecule has 3 aliphatic rings. The number of benzene rings is 1. The quantitative estimate of drug-likeness (QED) is 0.499. The summed E-state index contributed by atoms with van der Waals surface area (Å²) >= 11 is 0. The third-order valence-electron chi connectivity index (χ3n) is 7.72. The third kappa shape index (κ3) is 5.63.